The van der Waals surface area contributed by atoms with Gasteiger partial charge in [-0.05, 0) is 25.0 Å². The Morgan fingerprint density at radius 3 is 2.59 bits per heavy atom. The minimum absolute atomic E-state index is 0.0617. The molecule has 1 atom stereocenters. The third kappa shape index (κ3) is 2.94. The zero-order chi connectivity index (χ0) is 13.1. The van der Waals surface area contributed by atoms with Crippen LogP contribution in [0.15, 0.2) is 18.3 Å². The number of carbonyl (C=O) groups excluding carboxylic acids is 1. The van der Waals surface area contributed by atoms with E-state index in [1.807, 2.05) is 0 Å². The Morgan fingerprint density at radius 1 is 1.53 bits per heavy atom. The number of halogens is 1. The van der Waals surface area contributed by atoms with E-state index in [4.69, 9.17) is 16.7 Å². The zero-order valence-electron chi connectivity index (χ0n) is 9.53. The van der Waals surface area contributed by atoms with Crippen molar-refractivity contribution in [2.24, 2.45) is 5.41 Å². The molecule has 0 aromatic carbocycles. The van der Waals surface area contributed by atoms with E-state index in [1.165, 1.54) is 20.2 Å². The number of carboxylic acids is 1. The van der Waals surface area contributed by atoms with Gasteiger partial charge in [0.15, 0.2) is 0 Å². The molecule has 0 saturated carbocycles. The van der Waals surface area contributed by atoms with Gasteiger partial charge < -0.3 is 10.4 Å². The van der Waals surface area contributed by atoms with Gasteiger partial charge >= 0.3 is 5.97 Å². The van der Waals surface area contributed by atoms with Crippen molar-refractivity contribution < 1.29 is 14.7 Å². The minimum Gasteiger partial charge on any atom is -0.480 e. The monoisotopic (exact) mass is 256 g/mol. The van der Waals surface area contributed by atoms with E-state index >= 15 is 0 Å². The second-order valence-corrected chi connectivity index (χ2v) is 4.27. The van der Waals surface area contributed by atoms with Crippen LogP contribution in [0.3, 0.4) is 0 Å². The molecule has 6 heteroatoms. The van der Waals surface area contributed by atoms with Crippen LogP contribution in [0.25, 0.3) is 0 Å². The van der Waals surface area contributed by atoms with Gasteiger partial charge in [0.25, 0.3) is 0 Å². The Kier molecular flexibility index (Phi) is 4.07. The molecule has 1 heterocycles. The summed E-state index contributed by atoms with van der Waals surface area (Å²) in [6.45, 7) is 1.38. The summed E-state index contributed by atoms with van der Waals surface area (Å²) in [4.78, 5) is 26.6. The molecule has 2 N–H and O–H groups in total. The summed E-state index contributed by atoms with van der Waals surface area (Å²) < 4.78 is 0. The van der Waals surface area contributed by atoms with E-state index < -0.39 is 17.3 Å². The molecule has 0 aliphatic heterocycles. The number of aliphatic carboxylic acids is 1. The van der Waals surface area contributed by atoms with Crippen LogP contribution in [-0.2, 0) is 16.0 Å². The number of aromatic nitrogens is 1. The van der Waals surface area contributed by atoms with E-state index in [-0.39, 0.29) is 6.42 Å². The quantitative estimate of drug-likeness (QED) is 0.625. The van der Waals surface area contributed by atoms with E-state index in [0.29, 0.717) is 10.7 Å². The first-order chi connectivity index (χ1) is 7.90. The van der Waals surface area contributed by atoms with Crippen LogP contribution in [0.5, 0.6) is 0 Å². The molecule has 1 amide bonds. The van der Waals surface area contributed by atoms with Gasteiger partial charge in [0.05, 0.1) is 0 Å². The molecule has 1 unspecified atom stereocenters. The summed E-state index contributed by atoms with van der Waals surface area (Å²) in [5.41, 5.74) is -0.868. The van der Waals surface area contributed by atoms with Crippen molar-refractivity contribution in [1.29, 1.82) is 0 Å². The lowest BCUT2D eigenvalue weighted by atomic mass is 9.83. The normalized spacial score (nSPS) is 13.8. The molecule has 0 aliphatic carbocycles. The summed E-state index contributed by atoms with van der Waals surface area (Å²) in [6.07, 6.45) is 1.53. The average Bonchev–Trinajstić information content (AvgIpc) is 2.30. The number of nitrogens with one attached hydrogen (secondary N) is 1. The number of hydrogen-bond donors (Lipinski definition) is 2. The van der Waals surface area contributed by atoms with Crippen LogP contribution in [0.2, 0.25) is 5.15 Å². The average molecular weight is 257 g/mol. The number of rotatable bonds is 4. The van der Waals surface area contributed by atoms with Gasteiger partial charge in [0.1, 0.15) is 10.6 Å². The van der Waals surface area contributed by atoms with Gasteiger partial charge in [-0.3, -0.25) is 9.59 Å². The Balaban J connectivity index is 2.99. The van der Waals surface area contributed by atoms with Crippen molar-refractivity contribution in [3.05, 3.63) is 29.0 Å². The van der Waals surface area contributed by atoms with Gasteiger partial charge in [0.2, 0.25) is 5.91 Å². The van der Waals surface area contributed by atoms with Gasteiger partial charge in [-0.1, -0.05) is 17.7 Å². The van der Waals surface area contributed by atoms with Crippen LogP contribution in [0, 0.1) is 5.41 Å². The van der Waals surface area contributed by atoms with Gasteiger partial charge in [-0.2, -0.15) is 0 Å². The lowest BCUT2D eigenvalue weighted by Crippen LogP contribution is -2.44. The molecular formula is C11H13ClN2O3. The van der Waals surface area contributed by atoms with Crippen LogP contribution >= 0.6 is 11.6 Å². The van der Waals surface area contributed by atoms with Gasteiger partial charge in [0, 0.05) is 13.2 Å². The number of carbonyl (C=O) groups is 2. The highest BCUT2D eigenvalue weighted by Crippen LogP contribution is 2.23. The maximum absolute atomic E-state index is 11.6. The van der Waals surface area contributed by atoms with Crippen molar-refractivity contribution in [3.8, 4) is 0 Å². The van der Waals surface area contributed by atoms with Crippen LogP contribution in [0.4, 0.5) is 0 Å². The van der Waals surface area contributed by atoms with Crippen molar-refractivity contribution in [2.75, 3.05) is 7.05 Å². The number of pyridine rings is 1. The molecular weight excluding hydrogens is 244 g/mol. The van der Waals surface area contributed by atoms with Crippen molar-refractivity contribution >= 4 is 23.5 Å². The van der Waals surface area contributed by atoms with Gasteiger partial charge in [-0.15, -0.1) is 0 Å². The summed E-state index contributed by atoms with van der Waals surface area (Å²) >= 11 is 5.63. The van der Waals surface area contributed by atoms with Crippen LogP contribution in [-0.4, -0.2) is 29.0 Å². The van der Waals surface area contributed by atoms with E-state index in [9.17, 15) is 9.59 Å². The molecule has 0 bridgehead atoms. The second-order valence-electron chi connectivity index (χ2n) is 3.88. The molecule has 0 spiro atoms. The first-order valence-corrected chi connectivity index (χ1v) is 5.34. The first kappa shape index (κ1) is 13.4. The molecule has 92 valence electrons. The number of hydrogen-bond acceptors (Lipinski definition) is 3. The third-order valence-electron chi connectivity index (χ3n) is 2.55. The minimum atomic E-state index is -1.51. The van der Waals surface area contributed by atoms with E-state index in [1.54, 1.807) is 12.1 Å². The number of carboxylic acid groups (broad SMARTS) is 1. The molecule has 1 aromatic heterocycles. The Labute approximate surface area is 104 Å². The summed E-state index contributed by atoms with van der Waals surface area (Å²) in [7, 11) is 1.41. The molecule has 0 fully saturated rings. The second kappa shape index (κ2) is 5.14. The zero-order valence-corrected chi connectivity index (χ0v) is 10.3. The molecule has 1 rings (SSSR count). The third-order valence-corrected chi connectivity index (χ3v) is 2.77. The van der Waals surface area contributed by atoms with Crippen molar-refractivity contribution in [1.82, 2.24) is 10.3 Å². The molecule has 1 aromatic rings. The molecule has 0 saturated heterocycles. The number of nitrogens with zero attached hydrogens (tertiary/aromatic N) is 1. The topological polar surface area (TPSA) is 79.3 Å². The molecule has 5 nitrogen and oxygen atoms in total. The Bertz CT molecular complexity index is 433. The summed E-state index contributed by atoms with van der Waals surface area (Å²) in [5.74, 6) is -1.72. The Hall–Kier alpha value is -1.62. The highest BCUT2D eigenvalue weighted by molar-refractivity contribution is 6.29. The lowest BCUT2D eigenvalue weighted by molar-refractivity contribution is -0.154. The van der Waals surface area contributed by atoms with Crippen LogP contribution < -0.4 is 5.32 Å². The maximum Gasteiger partial charge on any atom is 0.319 e. The highest BCUT2D eigenvalue weighted by Gasteiger charge is 2.40. The fourth-order valence-electron chi connectivity index (χ4n) is 1.45. The fourth-order valence-corrected chi connectivity index (χ4v) is 1.56. The first-order valence-electron chi connectivity index (χ1n) is 4.96. The van der Waals surface area contributed by atoms with Gasteiger partial charge in [-0.25, -0.2) is 4.98 Å². The summed E-state index contributed by atoms with van der Waals surface area (Å²) in [6, 6.07) is 3.21. The largest absolute Gasteiger partial charge is 0.480 e. The predicted octanol–water partition coefficient (Wildman–Crippen LogP) is 1.11. The lowest BCUT2D eigenvalue weighted by Gasteiger charge is -2.22. The Morgan fingerprint density at radius 2 is 2.18 bits per heavy atom. The van der Waals surface area contributed by atoms with E-state index in [2.05, 4.69) is 10.3 Å². The SMILES string of the molecule is CNC(=O)C(C)(Cc1ccc(Cl)nc1)C(=O)O. The van der Waals surface area contributed by atoms with Crippen molar-refractivity contribution in [3.63, 3.8) is 0 Å². The fraction of sp³-hybridized carbons (Fsp3) is 0.364. The van der Waals surface area contributed by atoms with Crippen molar-refractivity contribution in [2.45, 2.75) is 13.3 Å². The molecule has 17 heavy (non-hydrogen) atoms. The molecule has 0 radical (unpaired) electrons. The predicted molar refractivity (Wildman–Crippen MR) is 62.8 cm³/mol. The standard InChI is InChI=1S/C11H13ClN2O3/c1-11(10(16)17,9(15)13-2)5-7-3-4-8(12)14-6-7/h3-4,6H,5H2,1-2H3,(H,13,15)(H,16,17). The summed E-state index contributed by atoms with van der Waals surface area (Å²) in [5, 5.41) is 11.8. The van der Waals surface area contributed by atoms with Crippen LogP contribution in [0.1, 0.15) is 12.5 Å². The highest BCUT2D eigenvalue weighted by atomic mass is 35.5. The smallest absolute Gasteiger partial charge is 0.319 e. The number of amides is 1. The van der Waals surface area contributed by atoms with E-state index in [0.717, 1.165) is 0 Å². The molecule has 0 aliphatic rings. The maximum atomic E-state index is 11.6.